The number of esters is 3. The van der Waals surface area contributed by atoms with Crippen LogP contribution >= 0.6 is 15.9 Å². The molecule has 0 spiro atoms. The van der Waals surface area contributed by atoms with Crippen LogP contribution in [0.2, 0.25) is 0 Å². The van der Waals surface area contributed by atoms with Gasteiger partial charge in [-0.15, -0.1) is 0 Å². The highest BCUT2D eigenvalue weighted by Crippen LogP contribution is 2.43. The largest absolute Gasteiger partial charge is 0.469 e. The van der Waals surface area contributed by atoms with Crippen molar-refractivity contribution in [3.63, 3.8) is 0 Å². The summed E-state index contributed by atoms with van der Waals surface area (Å²) in [5.41, 5.74) is -2.00. The topological polar surface area (TPSA) is 183 Å². The minimum atomic E-state index is -2.58. The molecule has 1 aromatic rings. The fourth-order valence-corrected chi connectivity index (χ4v) is 3.54. The predicted molar refractivity (Wildman–Crippen MR) is 98.2 cm³/mol. The van der Waals surface area contributed by atoms with Gasteiger partial charge >= 0.3 is 23.6 Å². The molecular formula is C16H19BrN2O11. The zero-order valence-electron chi connectivity index (χ0n) is 16.0. The molecule has 3 N–H and O–H groups in total. The number of rotatable bonds is 6. The lowest BCUT2D eigenvalue weighted by molar-refractivity contribution is -0.269. The average molecular weight is 495 g/mol. The van der Waals surface area contributed by atoms with Gasteiger partial charge in [-0.1, -0.05) is 15.9 Å². The molecular weight excluding hydrogens is 476 g/mol. The van der Waals surface area contributed by atoms with E-state index in [4.69, 9.17) is 9.47 Å². The zero-order chi connectivity index (χ0) is 22.8. The van der Waals surface area contributed by atoms with E-state index < -0.39 is 64.8 Å². The molecule has 13 nitrogen and oxygen atoms in total. The van der Waals surface area contributed by atoms with Crippen molar-refractivity contribution < 1.29 is 43.5 Å². The second kappa shape index (κ2) is 9.07. The third kappa shape index (κ3) is 4.77. The first kappa shape index (κ1) is 23.7. The lowest BCUT2D eigenvalue weighted by Gasteiger charge is -2.31. The van der Waals surface area contributed by atoms with Gasteiger partial charge in [0, 0.05) is 25.6 Å². The number of H-pyrrole nitrogens is 1. The number of nitrogens with one attached hydrogen (secondary N) is 1. The monoisotopic (exact) mass is 494 g/mol. The van der Waals surface area contributed by atoms with Crippen molar-refractivity contribution in [1.29, 1.82) is 0 Å². The van der Waals surface area contributed by atoms with Crippen molar-refractivity contribution >= 4 is 33.8 Å². The standard InChI is InChI=1S/C16H19BrN2O11/c1-6(20)28-14(24)11-16(26,30-7(2)21)10(17)13(29-11)19-5-8(4-9(22)27-3)12(23)18-15(19)25/h5,10-11,13-14,24,26H,4H2,1-3H3,(H,18,23,25)/t10-,11+,13+,14?,16+/m0/s1. The van der Waals surface area contributed by atoms with Crippen LogP contribution in [0.3, 0.4) is 0 Å². The van der Waals surface area contributed by atoms with E-state index in [0.717, 1.165) is 31.7 Å². The first-order chi connectivity index (χ1) is 13.9. The number of hydrogen-bond donors (Lipinski definition) is 3. The smallest absolute Gasteiger partial charge is 0.330 e. The number of halogens is 1. The fourth-order valence-electron chi connectivity index (χ4n) is 2.80. The molecule has 5 atom stereocenters. The van der Waals surface area contributed by atoms with Gasteiger partial charge in [-0.05, 0) is 0 Å². The van der Waals surface area contributed by atoms with Crippen molar-refractivity contribution in [1.82, 2.24) is 9.55 Å². The number of nitrogens with zero attached hydrogens (tertiary/aromatic N) is 1. The summed E-state index contributed by atoms with van der Waals surface area (Å²) in [5.74, 6) is -5.23. The van der Waals surface area contributed by atoms with Crippen molar-refractivity contribution in [2.24, 2.45) is 0 Å². The van der Waals surface area contributed by atoms with Gasteiger partial charge in [0.1, 0.15) is 4.83 Å². The Morgan fingerprint density at radius 1 is 1.33 bits per heavy atom. The molecule has 2 rings (SSSR count). The summed E-state index contributed by atoms with van der Waals surface area (Å²) < 4.78 is 20.2. The molecule has 2 heterocycles. The Hall–Kier alpha value is -2.55. The van der Waals surface area contributed by atoms with Crippen molar-refractivity contribution in [3.8, 4) is 0 Å². The van der Waals surface area contributed by atoms with Gasteiger partial charge < -0.3 is 29.2 Å². The summed E-state index contributed by atoms with van der Waals surface area (Å²) in [5, 5.41) is 21.0. The van der Waals surface area contributed by atoms with Crippen molar-refractivity contribution in [2.45, 2.75) is 49.5 Å². The lowest BCUT2D eigenvalue weighted by Crippen LogP contribution is -2.54. The molecule has 0 saturated carbocycles. The molecule has 0 amide bonds. The number of aliphatic hydroxyl groups excluding tert-OH is 1. The van der Waals surface area contributed by atoms with Crippen LogP contribution in [0.4, 0.5) is 0 Å². The molecule has 1 aliphatic rings. The predicted octanol–water partition coefficient (Wildman–Crippen LogP) is -1.95. The van der Waals surface area contributed by atoms with Crippen LogP contribution in [0.15, 0.2) is 15.8 Å². The minimum absolute atomic E-state index is 0.162. The molecule has 166 valence electrons. The highest BCUT2D eigenvalue weighted by Gasteiger charge is 2.62. The third-order valence-corrected chi connectivity index (χ3v) is 5.18. The van der Waals surface area contributed by atoms with Gasteiger partial charge in [-0.2, -0.15) is 0 Å². The summed E-state index contributed by atoms with van der Waals surface area (Å²) in [4.78, 5) is 59.0. The Bertz CT molecular complexity index is 957. The van der Waals surface area contributed by atoms with Crippen LogP contribution in [0.25, 0.3) is 0 Å². The Kier molecular flexibility index (Phi) is 7.18. The van der Waals surface area contributed by atoms with Crippen molar-refractivity contribution in [2.75, 3.05) is 7.11 Å². The number of aliphatic hydroxyl groups is 2. The number of alkyl halides is 1. The van der Waals surface area contributed by atoms with E-state index in [9.17, 15) is 34.2 Å². The van der Waals surface area contributed by atoms with Crippen LogP contribution in [-0.4, -0.2) is 67.8 Å². The van der Waals surface area contributed by atoms with Gasteiger partial charge in [-0.3, -0.25) is 28.7 Å². The number of aromatic nitrogens is 2. The molecule has 0 aromatic carbocycles. The van der Waals surface area contributed by atoms with Crippen LogP contribution in [0.5, 0.6) is 0 Å². The van der Waals surface area contributed by atoms with E-state index in [2.05, 4.69) is 25.4 Å². The second-order valence-electron chi connectivity index (χ2n) is 6.27. The number of carbonyl (C=O) groups excluding carboxylic acids is 3. The molecule has 1 saturated heterocycles. The number of ether oxygens (including phenoxy) is 4. The lowest BCUT2D eigenvalue weighted by atomic mass is 10.1. The molecule has 0 aliphatic carbocycles. The third-order valence-electron chi connectivity index (χ3n) is 4.07. The Labute approximate surface area is 176 Å². The van der Waals surface area contributed by atoms with Gasteiger partial charge in [0.25, 0.3) is 11.3 Å². The van der Waals surface area contributed by atoms with Crippen molar-refractivity contribution in [3.05, 3.63) is 32.6 Å². The first-order valence-corrected chi connectivity index (χ1v) is 9.30. The van der Waals surface area contributed by atoms with E-state index in [-0.39, 0.29) is 5.56 Å². The Morgan fingerprint density at radius 3 is 2.50 bits per heavy atom. The van der Waals surface area contributed by atoms with Gasteiger partial charge in [0.05, 0.1) is 13.5 Å². The van der Waals surface area contributed by atoms with Gasteiger partial charge in [0.2, 0.25) is 6.29 Å². The van der Waals surface area contributed by atoms with Crippen LogP contribution in [0, 0.1) is 0 Å². The van der Waals surface area contributed by atoms with E-state index in [1.807, 2.05) is 4.98 Å². The maximum absolute atomic E-state index is 12.3. The normalized spacial score (nSPS) is 26.7. The summed E-state index contributed by atoms with van der Waals surface area (Å²) in [6.45, 7) is 1.96. The van der Waals surface area contributed by atoms with Gasteiger partial charge in [0.15, 0.2) is 12.3 Å². The summed E-state index contributed by atoms with van der Waals surface area (Å²) in [7, 11) is 1.11. The molecule has 1 fully saturated rings. The molecule has 30 heavy (non-hydrogen) atoms. The average Bonchev–Trinajstić information content (AvgIpc) is 2.87. The maximum Gasteiger partial charge on any atom is 0.330 e. The highest BCUT2D eigenvalue weighted by molar-refractivity contribution is 9.09. The Balaban J connectivity index is 2.51. The summed E-state index contributed by atoms with van der Waals surface area (Å²) >= 11 is 3.06. The van der Waals surface area contributed by atoms with Crippen LogP contribution in [0.1, 0.15) is 25.6 Å². The quantitative estimate of drug-likeness (QED) is 0.173. The van der Waals surface area contributed by atoms with Gasteiger partial charge in [-0.25, -0.2) is 4.79 Å². The van der Waals surface area contributed by atoms with E-state index in [1.54, 1.807) is 0 Å². The summed E-state index contributed by atoms with van der Waals surface area (Å²) in [6, 6.07) is 0. The highest BCUT2D eigenvalue weighted by atomic mass is 79.9. The molecule has 0 radical (unpaired) electrons. The molecule has 1 aliphatic heterocycles. The number of carbonyl (C=O) groups is 3. The zero-order valence-corrected chi connectivity index (χ0v) is 17.6. The number of aromatic amines is 1. The molecule has 0 bridgehead atoms. The first-order valence-electron chi connectivity index (χ1n) is 8.38. The van der Waals surface area contributed by atoms with E-state index in [1.165, 1.54) is 0 Å². The van der Waals surface area contributed by atoms with E-state index in [0.29, 0.717) is 0 Å². The Morgan fingerprint density at radius 2 is 1.97 bits per heavy atom. The van der Waals surface area contributed by atoms with Crippen LogP contribution in [-0.2, 0) is 39.8 Å². The SMILES string of the molecule is COC(=O)Cc1cn([C@@H]2O[C@H](C(O)OC(C)=O)[C@](O)(OC(C)=O)[C@H]2Br)c(=O)[nH]c1=O. The van der Waals surface area contributed by atoms with Crippen LogP contribution < -0.4 is 11.2 Å². The fraction of sp³-hybridized carbons (Fsp3) is 0.562. The number of hydrogen-bond acceptors (Lipinski definition) is 11. The molecule has 14 heteroatoms. The maximum atomic E-state index is 12.3. The molecule has 1 aromatic heterocycles. The van der Waals surface area contributed by atoms with E-state index >= 15 is 0 Å². The number of methoxy groups -OCH3 is 1. The molecule has 1 unspecified atom stereocenters. The second-order valence-corrected chi connectivity index (χ2v) is 7.25. The minimum Gasteiger partial charge on any atom is -0.469 e. The summed E-state index contributed by atoms with van der Waals surface area (Å²) in [6.07, 6.45) is -4.86.